The van der Waals surface area contributed by atoms with Gasteiger partial charge in [0, 0.05) is 13.1 Å². The average Bonchev–Trinajstić information content (AvgIpc) is 2.90. The molecule has 1 aliphatic carbocycles. The fourth-order valence-corrected chi connectivity index (χ4v) is 2.26. The second-order valence-corrected chi connectivity index (χ2v) is 5.73. The summed E-state index contributed by atoms with van der Waals surface area (Å²) in [5.74, 6) is 0.822. The number of carbonyl (C=O) groups is 1. The minimum Gasteiger partial charge on any atom is -0.480 e. The number of carboxylic acids is 1. The third kappa shape index (κ3) is 4.28. The molecule has 4 heteroatoms. The van der Waals surface area contributed by atoms with Crippen LogP contribution in [0.5, 0.6) is 0 Å². The highest BCUT2D eigenvalue weighted by atomic mass is 16.4. The number of nitrogens with one attached hydrogen (secondary N) is 1. The predicted molar refractivity (Wildman–Crippen MR) is 69.1 cm³/mol. The van der Waals surface area contributed by atoms with Gasteiger partial charge in [-0.1, -0.05) is 13.8 Å². The predicted octanol–water partition coefficient (Wildman–Crippen LogP) is 1.42. The van der Waals surface area contributed by atoms with E-state index >= 15 is 0 Å². The van der Waals surface area contributed by atoms with Crippen LogP contribution in [0.3, 0.4) is 0 Å². The van der Waals surface area contributed by atoms with Crippen LogP contribution in [0, 0.1) is 11.8 Å². The Morgan fingerprint density at radius 3 is 2.59 bits per heavy atom. The van der Waals surface area contributed by atoms with Crippen molar-refractivity contribution in [3.63, 3.8) is 0 Å². The van der Waals surface area contributed by atoms with Crippen LogP contribution < -0.4 is 5.32 Å². The molecule has 0 aromatic rings. The first-order valence-corrected chi connectivity index (χ1v) is 6.56. The summed E-state index contributed by atoms with van der Waals surface area (Å²) < 4.78 is 0. The van der Waals surface area contributed by atoms with Gasteiger partial charge in [0.2, 0.25) is 0 Å². The molecule has 0 aliphatic heterocycles. The van der Waals surface area contributed by atoms with E-state index < -0.39 is 11.5 Å². The minimum atomic E-state index is -0.830. The molecule has 1 saturated carbocycles. The summed E-state index contributed by atoms with van der Waals surface area (Å²) in [5.41, 5.74) is -0.830. The molecule has 0 heterocycles. The van der Waals surface area contributed by atoms with Gasteiger partial charge in [-0.2, -0.15) is 0 Å². The van der Waals surface area contributed by atoms with Gasteiger partial charge in [-0.25, -0.2) is 0 Å². The van der Waals surface area contributed by atoms with Crippen molar-refractivity contribution in [2.75, 3.05) is 26.7 Å². The Morgan fingerprint density at radius 2 is 2.18 bits per heavy atom. The number of carboxylic acid groups (broad SMARTS) is 1. The van der Waals surface area contributed by atoms with E-state index in [0.29, 0.717) is 6.54 Å². The maximum atomic E-state index is 11.3. The Kier molecular flexibility index (Phi) is 4.95. The van der Waals surface area contributed by atoms with Crippen molar-refractivity contribution in [3.05, 3.63) is 0 Å². The monoisotopic (exact) mass is 242 g/mol. The van der Waals surface area contributed by atoms with Crippen LogP contribution in [0.2, 0.25) is 0 Å². The molecule has 4 nitrogen and oxygen atoms in total. The normalized spacial score (nSPS) is 26.9. The highest BCUT2D eigenvalue weighted by molar-refractivity contribution is 5.78. The van der Waals surface area contributed by atoms with Crippen LogP contribution in [0.1, 0.15) is 33.6 Å². The Bertz CT molecular complexity index is 270. The quantitative estimate of drug-likeness (QED) is 0.676. The summed E-state index contributed by atoms with van der Waals surface area (Å²) >= 11 is 0. The Balaban J connectivity index is 2.44. The largest absolute Gasteiger partial charge is 0.480 e. The van der Waals surface area contributed by atoms with Crippen molar-refractivity contribution in [3.8, 4) is 0 Å². The highest BCUT2D eigenvalue weighted by Crippen LogP contribution is 2.38. The molecule has 0 saturated heterocycles. The number of nitrogens with zero attached hydrogens (tertiary/aromatic N) is 1. The maximum Gasteiger partial charge on any atom is 0.324 e. The van der Waals surface area contributed by atoms with Gasteiger partial charge in [0.15, 0.2) is 0 Å². The second-order valence-electron chi connectivity index (χ2n) is 5.73. The van der Waals surface area contributed by atoms with E-state index in [1.54, 1.807) is 6.92 Å². The van der Waals surface area contributed by atoms with Gasteiger partial charge in [-0.05, 0) is 45.2 Å². The highest BCUT2D eigenvalue weighted by Gasteiger charge is 2.37. The number of aliphatic carboxylic acids is 1. The van der Waals surface area contributed by atoms with Gasteiger partial charge in [-0.3, -0.25) is 4.79 Å². The molecular formula is C13H26N2O2. The summed E-state index contributed by atoms with van der Waals surface area (Å²) in [5, 5.41) is 12.5. The lowest BCUT2D eigenvalue weighted by Crippen LogP contribution is -2.56. The lowest BCUT2D eigenvalue weighted by molar-refractivity contribution is -0.144. The molecule has 2 N–H and O–H groups in total. The van der Waals surface area contributed by atoms with Crippen molar-refractivity contribution in [2.24, 2.45) is 11.8 Å². The van der Waals surface area contributed by atoms with Crippen molar-refractivity contribution < 1.29 is 9.90 Å². The molecule has 1 fully saturated rings. The molecule has 1 aliphatic rings. The smallest absolute Gasteiger partial charge is 0.324 e. The van der Waals surface area contributed by atoms with Crippen LogP contribution >= 0.6 is 0 Å². The Morgan fingerprint density at radius 1 is 1.59 bits per heavy atom. The molecule has 17 heavy (non-hydrogen) atoms. The molecule has 0 aromatic heterocycles. The standard InChI is InChI=1S/C13H26N2O2/c1-5-6-14-13(3,12(16)17)9-15(4)8-11-7-10(11)2/h10-11,14H,5-9H2,1-4H3,(H,16,17). The number of likely N-dealkylation sites (N-methyl/N-ethyl adjacent to an activating group) is 1. The molecule has 0 bridgehead atoms. The van der Waals surface area contributed by atoms with Crippen LogP contribution in [0.4, 0.5) is 0 Å². The summed E-state index contributed by atoms with van der Waals surface area (Å²) in [6.07, 6.45) is 2.24. The number of rotatable bonds is 8. The summed E-state index contributed by atoms with van der Waals surface area (Å²) in [6.45, 7) is 8.40. The molecule has 0 spiro atoms. The van der Waals surface area contributed by atoms with Gasteiger partial charge in [-0.15, -0.1) is 0 Å². The lowest BCUT2D eigenvalue weighted by atomic mass is 10.0. The summed E-state index contributed by atoms with van der Waals surface area (Å²) in [7, 11) is 2.01. The van der Waals surface area contributed by atoms with E-state index in [0.717, 1.165) is 31.3 Å². The van der Waals surface area contributed by atoms with Crippen molar-refractivity contribution in [1.82, 2.24) is 10.2 Å². The molecule has 0 amide bonds. The molecule has 100 valence electrons. The van der Waals surface area contributed by atoms with E-state index in [1.165, 1.54) is 6.42 Å². The van der Waals surface area contributed by atoms with Gasteiger partial charge >= 0.3 is 5.97 Å². The first-order chi connectivity index (χ1) is 7.89. The second kappa shape index (κ2) is 5.83. The van der Waals surface area contributed by atoms with E-state index in [-0.39, 0.29) is 0 Å². The fourth-order valence-electron chi connectivity index (χ4n) is 2.26. The zero-order valence-electron chi connectivity index (χ0n) is 11.5. The van der Waals surface area contributed by atoms with E-state index in [1.807, 2.05) is 14.0 Å². The Hall–Kier alpha value is -0.610. The molecule has 0 radical (unpaired) electrons. The first-order valence-electron chi connectivity index (χ1n) is 6.56. The summed E-state index contributed by atoms with van der Waals surface area (Å²) in [6, 6.07) is 0. The van der Waals surface area contributed by atoms with Gasteiger partial charge in [0.05, 0.1) is 0 Å². The van der Waals surface area contributed by atoms with Crippen LogP contribution in [0.25, 0.3) is 0 Å². The lowest BCUT2D eigenvalue weighted by Gasteiger charge is -2.31. The average molecular weight is 242 g/mol. The third-order valence-electron chi connectivity index (χ3n) is 3.65. The van der Waals surface area contributed by atoms with Crippen molar-refractivity contribution >= 4 is 5.97 Å². The topological polar surface area (TPSA) is 52.6 Å². The van der Waals surface area contributed by atoms with E-state index in [4.69, 9.17) is 0 Å². The minimum absolute atomic E-state index is 0.561. The zero-order valence-corrected chi connectivity index (χ0v) is 11.5. The number of hydrogen-bond acceptors (Lipinski definition) is 3. The molecule has 0 aromatic carbocycles. The van der Waals surface area contributed by atoms with E-state index in [2.05, 4.69) is 17.1 Å². The Labute approximate surface area is 104 Å². The molecule has 1 rings (SSSR count). The van der Waals surface area contributed by atoms with Crippen LogP contribution in [0.15, 0.2) is 0 Å². The van der Waals surface area contributed by atoms with Crippen molar-refractivity contribution in [2.45, 2.75) is 39.2 Å². The van der Waals surface area contributed by atoms with E-state index in [9.17, 15) is 9.90 Å². The molecule has 3 atom stereocenters. The zero-order chi connectivity index (χ0) is 13.1. The van der Waals surface area contributed by atoms with Gasteiger partial charge < -0.3 is 15.3 Å². The maximum absolute atomic E-state index is 11.3. The van der Waals surface area contributed by atoms with Crippen LogP contribution in [-0.2, 0) is 4.79 Å². The third-order valence-corrected chi connectivity index (χ3v) is 3.65. The fraction of sp³-hybridized carbons (Fsp3) is 0.923. The molecule has 3 unspecified atom stereocenters. The van der Waals surface area contributed by atoms with Gasteiger partial charge in [0.25, 0.3) is 0 Å². The van der Waals surface area contributed by atoms with Gasteiger partial charge in [0.1, 0.15) is 5.54 Å². The van der Waals surface area contributed by atoms with Crippen molar-refractivity contribution in [1.29, 1.82) is 0 Å². The number of hydrogen-bond donors (Lipinski definition) is 2. The summed E-state index contributed by atoms with van der Waals surface area (Å²) in [4.78, 5) is 13.5. The first kappa shape index (κ1) is 14.5. The molecular weight excluding hydrogens is 216 g/mol. The SMILES string of the molecule is CCCNC(C)(CN(C)CC1CC1C)C(=O)O. The van der Waals surface area contributed by atoms with Crippen LogP contribution in [-0.4, -0.2) is 48.2 Å².